The zero-order chi connectivity index (χ0) is 31.5. The van der Waals surface area contributed by atoms with Gasteiger partial charge in [-0.05, 0) is 98.5 Å². The van der Waals surface area contributed by atoms with Gasteiger partial charge in [-0.25, -0.2) is 17.6 Å². The van der Waals surface area contributed by atoms with E-state index >= 15 is 0 Å². The molecule has 2 fully saturated rings. The Kier molecular flexibility index (Phi) is 7.35. The van der Waals surface area contributed by atoms with E-state index in [0.29, 0.717) is 36.0 Å². The highest BCUT2D eigenvalue weighted by atomic mass is 32.2. The molecule has 3 aliphatic carbocycles. The van der Waals surface area contributed by atoms with Crippen LogP contribution in [0.15, 0.2) is 71.7 Å². The summed E-state index contributed by atoms with van der Waals surface area (Å²) >= 11 is 0. The van der Waals surface area contributed by atoms with Gasteiger partial charge >= 0.3 is 6.18 Å². The number of nitrogens with zero attached hydrogens (tertiary/aromatic N) is 6. The Balaban J connectivity index is 1.31. The second-order valence-corrected chi connectivity index (χ2v) is 13.5. The quantitative estimate of drug-likeness (QED) is 0.176. The normalized spacial score (nSPS) is 22.1. The van der Waals surface area contributed by atoms with Crippen molar-refractivity contribution in [2.45, 2.75) is 55.8 Å². The van der Waals surface area contributed by atoms with Crippen LogP contribution in [-0.2, 0) is 30.6 Å². The number of rotatable bonds is 8. The molecule has 3 aliphatic rings. The van der Waals surface area contributed by atoms with Crippen molar-refractivity contribution in [3.8, 4) is 5.69 Å². The van der Waals surface area contributed by atoms with Gasteiger partial charge in [-0.1, -0.05) is 5.57 Å². The van der Waals surface area contributed by atoms with Gasteiger partial charge in [0, 0.05) is 32.0 Å². The van der Waals surface area contributed by atoms with Crippen molar-refractivity contribution in [3.63, 3.8) is 0 Å². The fourth-order valence-electron chi connectivity index (χ4n) is 6.61. The van der Waals surface area contributed by atoms with Crippen LogP contribution in [0.2, 0.25) is 0 Å². The highest BCUT2D eigenvalue weighted by Crippen LogP contribution is 2.52. The first kappa shape index (κ1) is 29.7. The van der Waals surface area contributed by atoms with Gasteiger partial charge in [-0.2, -0.15) is 23.4 Å². The van der Waals surface area contributed by atoms with Gasteiger partial charge in [0.05, 0.1) is 28.6 Å². The Labute approximate surface area is 259 Å². The first-order chi connectivity index (χ1) is 21.5. The van der Waals surface area contributed by atoms with Crippen molar-refractivity contribution >= 4 is 22.8 Å². The Morgan fingerprint density at radius 1 is 1.13 bits per heavy atom. The first-order valence-corrected chi connectivity index (χ1v) is 15.9. The first-order valence-electron chi connectivity index (χ1n) is 14.8. The molecule has 3 unspecified atom stereocenters. The second-order valence-electron chi connectivity index (χ2n) is 12.1. The number of fused-ring (bicyclic) bond motifs is 2. The van der Waals surface area contributed by atoms with Crippen LogP contribution < -0.4 is 0 Å². The summed E-state index contributed by atoms with van der Waals surface area (Å²) in [4.78, 5) is 18.7. The predicted molar refractivity (Wildman–Crippen MR) is 158 cm³/mol. The maximum atomic E-state index is 14.6. The topological polar surface area (TPSA) is 85.9 Å². The van der Waals surface area contributed by atoms with Gasteiger partial charge in [0.15, 0.2) is 10.8 Å². The van der Waals surface area contributed by atoms with Gasteiger partial charge in [-0.15, -0.1) is 0 Å². The maximum absolute atomic E-state index is 14.6. The lowest BCUT2D eigenvalue weighted by Crippen LogP contribution is -2.50. The monoisotopic (exact) mass is 638 g/mol. The van der Waals surface area contributed by atoms with Crippen molar-refractivity contribution < 1.29 is 26.6 Å². The van der Waals surface area contributed by atoms with Gasteiger partial charge in [0.1, 0.15) is 22.5 Å². The molecule has 1 aromatic carbocycles. The van der Waals surface area contributed by atoms with Crippen LogP contribution in [0.5, 0.6) is 0 Å². The van der Waals surface area contributed by atoms with Gasteiger partial charge < -0.3 is 0 Å². The minimum absolute atomic E-state index is 0.191. The summed E-state index contributed by atoms with van der Waals surface area (Å²) in [5.41, 5.74) is 0.468. The van der Waals surface area contributed by atoms with Gasteiger partial charge in [0.25, 0.3) is 0 Å². The highest BCUT2D eigenvalue weighted by Gasteiger charge is 2.51. The van der Waals surface area contributed by atoms with Crippen molar-refractivity contribution in [3.05, 3.63) is 95.0 Å². The molecular formula is C32H30F4N6O2S. The lowest BCUT2D eigenvalue weighted by molar-refractivity contribution is -0.137. The minimum atomic E-state index is -4.64. The van der Waals surface area contributed by atoms with Crippen molar-refractivity contribution in [1.29, 1.82) is 0 Å². The molecule has 2 saturated carbocycles. The van der Waals surface area contributed by atoms with Gasteiger partial charge in [0.2, 0.25) is 0 Å². The lowest BCUT2D eigenvalue weighted by atomic mass is 9.60. The molecule has 0 radical (unpaired) electrons. The number of aromatic nitrogens is 5. The number of ketones is 1. The van der Waals surface area contributed by atoms with Crippen LogP contribution in [0.3, 0.4) is 0 Å². The van der Waals surface area contributed by atoms with E-state index in [9.17, 15) is 26.6 Å². The number of carbonyl (C=O) groups excluding carboxylic acids is 1. The molecule has 13 heteroatoms. The Morgan fingerprint density at radius 3 is 2.60 bits per heavy atom. The maximum Gasteiger partial charge on any atom is 0.416 e. The van der Waals surface area contributed by atoms with E-state index in [1.165, 1.54) is 12.1 Å². The average molecular weight is 639 g/mol. The molecule has 0 bridgehead atoms. The van der Waals surface area contributed by atoms with Gasteiger partial charge in [-0.3, -0.25) is 14.5 Å². The fourth-order valence-corrected chi connectivity index (χ4v) is 8.02. The van der Waals surface area contributed by atoms with Crippen LogP contribution >= 0.6 is 0 Å². The molecule has 0 aliphatic heterocycles. The number of pyridine rings is 1. The largest absolute Gasteiger partial charge is 0.416 e. The molecule has 0 N–H and O–H groups in total. The van der Waals surface area contributed by atoms with E-state index < -0.39 is 33.9 Å². The molecule has 3 heterocycles. The molecule has 0 spiro atoms. The van der Waals surface area contributed by atoms with Crippen LogP contribution in [0, 0.1) is 17.2 Å². The SMILES string of the molecule is Cn1ccc(S(=O)N(CC2CC2)C2CCC3=Cc4c(cnn4-c4ccc(F)cc4)CC3(C(=O)c3cc(C(F)(F)F)ccn3)C2)n1. The lowest BCUT2D eigenvalue weighted by Gasteiger charge is -2.46. The molecule has 0 saturated heterocycles. The third kappa shape index (κ3) is 5.56. The number of halogens is 4. The molecular weight excluding hydrogens is 608 g/mol. The fraction of sp³-hybridized carbons (Fsp3) is 0.375. The van der Waals surface area contributed by atoms with Crippen LogP contribution in [0.1, 0.15) is 59.4 Å². The molecule has 3 atom stereocenters. The van der Waals surface area contributed by atoms with Crippen LogP contribution in [0.4, 0.5) is 17.6 Å². The number of carbonyl (C=O) groups is 1. The number of aryl methyl sites for hydroxylation is 1. The summed E-state index contributed by atoms with van der Waals surface area (Å²) in [5.74, 6) is -0.494. The van der Waals surface area contributed by atoms with Crippen molar-refractivity contribution in [2.75, 3.05) is 6.54 Å². The number of hydrogen-bond acceptors (Lipinski definition) is 5. The third-order valence-electron chi connectivity index (χ3n) is 9.08. The molecule has 234 valence electrons. The Bertz CT molecular complexity index is 1830. The summed E-state index contributed by atoms with van der Waals surface area (Å²) in [5, 5.41) is 9.34. The van der Waals surface area contributed by atoms with E-state index in [-0.39, 0.29) is 30.4 Å². The minimum Gasteiger partial charge on any atom is -0.291 e. The molecule has 4 aromatic rings. The van der Waals surface area contributed by atoms with Crippen LogP contribution in [-0.4, -0.2) is 51.4 Å². The standard InChI is InChI=1S/C32H30F4N6O2S/c1-40-13-11-29(39-40)45(44)41(19-20-2-3-20)26-7-4-22-15-28-21(18-38-42(28)25-8-5-24(33)6-9-25)16-31(22,17-26)30(43)27-14-23(10-12-37-27)32(34,35)36/h5-6,8-15,18,20,26H,2-4,7,16-17,19H2,1H3. The third-order valence-corrected chi connectivity index (χ3v) is 10.5. The molecule has 8 nitrogen and oxygen atoms in total. The van der Waals surface area contributed by atoms with E-state index in [1.54, 1.807) is 47.0 Å². The summed E-state index contributed by atoms with van der Waals surface area (Å²) < 4.78 is 73.9. The molecule has 7 rings (SSSR count). The zero-order valence-corrected chi connectivity index (χ0v) is 25.2. The van der Waals surface area contributed by atoms with E-state index in [1.807, 2.05) is 10.4 Å². The van der Waals surface area contributed by atoms with Crippen molar-refractivity contribution in [1.82, 2.24) is 28.9 Å². The summed E-state index contributed by atoms with van der Waals surface area (Å²) in [7, 11) is 0.164. The average Bonchev–Trinajstić information content (AvgIpc) is 3.61. The smallest absolute Gasteiger partial charge is 0.291 e. The molecule has 3 aromatic heterocycles. The highest BCUT2D eigenvalue weighted by molar-refractivity contribution is 7.82. The number of allylic oxidation sites excluding steroid dienone is 1. The second kappa shape index (κ2) is 11.1. The Hall–Kier alpha value is -3.97. The molecule has 45 heavy (non-hydrogen) atoms. The summed E-state index contributed by atoms with van der Waals surface area (Å²) in [6, 6.07) is 9.00. The summed E-state index contributed by atoms with van der Waals surface area (Å²) in [6.45, 7) is 0.576. The Morgan fingerprint density at radius 2 is 1.91 bits per heavy atom. The molecule has 0 amide bonds. The zero-order valence-electron chi connectivity index (χ0n) is 24.4. The van der Waals surface area contributed by atoms with E-state index in [2.05, 4.69) is 15.2 Å². The number of alkyl halides is 3. The van der Waals surface area contributed by atoms with Crippen LogP contribution in [0.25, 0.3) is 11.8 Å². The predicted octanol–water partition coefficient (Wildman–Crippen LogP) is 5.95. The number of Topliss-reactive ketones (excluding diaryl/α,β-unsaturated/α-hetero) is 1. The van der Waals surface area contributed by atoms with Crippen molar-refractivity contribution in [2.24, 2.45) is 18.4 Å². The van der Waals surface area contributed by atoms with E-state index in [4.69, 9.17) is 0 Å². The van der Waals surface area contributed by atoms with E-state index in [0.717, 1.165) is 48.0 Å². The number of hydrogen-bond donors (Lipinski definition) is 0. The summed E-state index contributed by atoms with van der Waals surface area (Å²) in [6.07, 6.45) is 5.22. The number of benzene rings is 1.